The van der Waals surface area contributed by atoms with Gasteiger partial charge in [0.2, 0.25) is 0 Å². The Morgan fingerprint density at radius 3 is 2.53 bits per heavy atom. The van der Waals surface area contributed by atoms with Gasteiger partial charge in [0.05, 0.1) is 0 Å². The molecule has 0 aliphatic carbocycles. The maximum Gasteiger partial charge on any atom is 0.0320 e. The summed E-state index contributed by atoms with van der Waals surface area (Å²) in [5, 5.41) is 3.71. The first kappa shape index (κ1) is 14.6. The molecule has 1 nitrogen and oxygen atoms in total. The summed E-state index contributed by atoms with van der Waals surface area (Å²) in [5.74, 6) is 1.98. The highest BCUT2D eigenvalue weighted by Crippen LogP contribution is 2.18. The van der Waals surface area contributed by atoms with Gasteiger partial charge in [-0.2, -0.15) is 11.8 Å². The molecule has 0 heterocycles. The van der Waals surface area contributed by atoms with Crippen molar-refractivity contribution < 1.29 is 0 Å². The molecule has 17 heavy (non-hydrogen) atoms. The van der Waals surface area contributed by atoms with E-state index in [9.17, 15) is 0 Å². The lowest BCUT2D eigenvalue weighted by atomic mass is 10.0. The lowest BCUT2D eigenvalue weighted by Crippen LogP contribution is -2.27. The molecule has 0 radical (unpaired) electrons. The molecular weight excluding hydrogens is 226 g/mol. The number of nitrogens with one attached hydrogen (secondary N) is 1. The maximum absolute atomic E-state index is 3.71. The molecule has 1 rings (SSSR count). The Hall–Kier alpha value is -0.470. The van der Waals surface area contributed by atoms with Crippen LogP contribution in [0.25, 0.3) is 0 Å². The average Bonchev–Trinajstić information content (AvgIpc) is 2.36. The Morgan fingerprint density at radius 1 is 1.24 bits per heavy atom. The van der Waals surface area contributed by atoms with Crippen LogP contribution in [0.2, 0.25) is 0 Å². The van der Waals surface area contributed by atoms with Crippen molar-refractivity contribution in [3.63, 3.8) is 0 Å². The van der Waals surface area contributed by atoms with Crippen LogP contribution in [0.4, 0.5) is 0 Å². The van der Waals surface area contributed by atoms with Gasteiger partial charge in [-0.1, -0.05) is 50.6 Å². The van der Waals surface area contributed by atoms with Crippen molar-refractivity contribution in [1.29, 1.82) is 0 Å². The molecule has 0 amide bonds. The second-order valence-corrected chi connectivity index (χ2v) is 5.63. The third kappa shape index (κ3) is 5.60. The van der Waals surface area contributed by atoms with Crippen LogP contribution in [-0.2, 0) is 0 Å². The predicted molar refractivity (Wildman–Crippen MR) is 79.6 cm³/mol. The average molecular weight is 251 g/mol. The monoisotopic (exact) mass is 251 g/mol. The van der Waals surface area contributed by atoms with Gasteiger partial charge in [0, 0.05) is 6.04 Å². The largest absolute Gasteiger partial charge is 0.310 e. The van der Waals surface area contributed by atoms with E-state index in [1.54, 1.807) is 0 Å². The lowest BCUT2D eigenvalue weighted by Gasteiger charge is -2.21. The Balaban J connectivity index is 2.49. The summed E-state index contributed by atoms with van der Waals surface area (Å²) in [6, 6.07) is 11.3. The first-order chi connectivity index (χ1) is 8.27. The van der Waals surface area contributed by atoms with Gasteiger partial charge in [0.15, 0.2) is 0 Å². The van der Waals surface area contributed by atoms with Gasteiger partial charge < -0.3 is 5.32 Å². The fourth-order valence-electron chi connectivity index (χ4n) is 2.05. The molecule has 0 fully saturated rings. The highest BCUT2D eigenvalue weighted by atomic mass is 32.2. The molecule has 2 heteroatoms. The van der Waals surface area contributed by atoms with Gasteiger partial charge >= 0.3 is 0 Å². The maximum atomic E-state index is 3.71. The molecule has 0 bridgehead atoms. The minimum Gasteiger partial charge on any atom is -0.310 e. The summed E-state index contributed by atoms with van der Waals surface area (Å²) in [4.78, 5) is 0. The molecule has 0 spiro atoms. The molecule has 0 aromatic heterocycles. The first-order valence-electron chi connectivity index (χ1n) is 6.55. The molecule has 2 unspecified atom stereocenters. The Labute approximate surface area is 110 Å². The zero-order chi connectivity index (χ0) is 12.5. The van der Waals surface area contributed by atoms with E-state index < -0.39 is 0 Å². The van der Waals surface area contributed by atoms with Crippen LogP contribution < -0.4 is 5.32 Å². The number of hydrogen-bond donors (Lipinski definition) is 1. The number of thioether (sulfide) groups is 1. The Kier molecular flexibility index (Phi) is 7.38. The molecule has 96 valence electrons. The summed E-state index contributed by atoms with van der Waals surface area (Å²) >= 11 is 1.93. The fraction of sp³-hybridized carbons (Fsp3) is 0.600. The molecule has 0 aliphatic rings. The van der Waals surface area contributed by atoms with Crippen molar-refractivity contribution in [2.75, 3.05) is 18.6 Å². The van der Waals surface area contributed by atoms with E-state index in [1.165, 1.54) is 24.2 Å². The lowest BCUT2D eigenvalue weighted by molar-refractivity contribution is 0.452. The van der Waals surface area contributed by atoms with Crippen molar-refractivity contribution in [2.45, 2.75) is 32.7 Å². The summed E-state index contributed by atoms with van der Waals surface area (Å²) in [5.41, 5.74) is 1.42. The van der Waals surface area contributed by atoms with Crippen LogP contribution in [0, 0.1) is 5.92 Å². The highest BCUT2D eigenvalue weighted by molar-refractivity contribution is 7.98. The van der Waals surface area contributed by atoms with Crippen LogP contribution >= 0.6 is 11.8 Å². The number of benzene rings is 1. The normalized spacial score (nSPS) is 14.5. The summed E-state index contributed by atoms with van der Waals surface area (Å²) < 4.78 is 0. The minimum absolute atomic E-state index is 0.519. The van der Waals surface area contributed by atoms with Crippen molar-refractivity contribution in [2.24, 2.45) is 5.92 Å². The first-order valence-corrected chi connectivity index (χ1v) is 7.94. The third-order valence-electron chi connectivity index (χ3n) is 2.94. The van der Waals surface area contributed by atoms with E-state index in [2.05, 4.69) is 55.8 Å². The molecule has 1 aromatic rings. The van der Waals surface area contributed by atoms with Gasteiger partial charge in [-0.05, 0) is 36.5 Å². The number of hydrogen-bond acceptors (Lipinski definition) is 2. The van der Waals surface area contributed by atoms with E-state index >= 15 is 0 Å². The molecule has 1 aromatic carbocycles. The van der Waals surface area contributed by atoms with Crippen LogP contribution in [-0.4, -0.2) is 18.6 Å². The summed E-state index contributed by atoms with van der Waals surface area (Å²) in [6.45, 7) is 5.68. The smallest absolute Gasteiger partial charge is 0.0320 e. The molecule has 1 N–H and O–H groups in total. The van der Waals surface area contributed by atoms with Crippen LogP contribution in [0.1, 0.15) is 38.3 Å². The SMILES string of the molecule is CCCC(NCC(C)CSC)c1ccccc1. The second kappa shape index (κ2) is 8.60. The van der Waals surface area contributed by atoms with E-state index in [-0.39, 0.29) is 0 Å². The summed E-state index contributed by atoms with van der Waals surface area (Å²) in [6.07, 6.45) is 4.62. The molecular formula is C15H25NS. The van der Waals surface area contributed by atoms with Gasteiger partial charge in [-0.25, -0.2) is 0 Å². The van der Waals surface area contributed by atoms with Crippen molar-refractivity contribution >= 4 is 11.8 Å². The highest BCUT2D eigenvalue weighted by Gasteiger charge is 2.10. The second-order valence-electron chi connectivity index (χ2n) is 4.72. The summed E-state index contributed by atoms with van der Waals surface area (Å²) in [7, 11) is 0. The third-order valence-corrected chi connectivity index (χ3v) is 3.85. The van der Waals surface area contributed by atoms with Gasteiger partial charge in [-0.15, -0.1) is 0 Å². The predicted octanol–water partition coefficient (Wildman–Crippen LogP) is 4.12. The zero-order valence-corrected chi connectivity index (χ0v) is 12.1. The molecule has 0 aliphatic heterocycles. The standard InChI is InChI=1S/C15H25NS/c1-4-8-15(14-9-6-5-7-10-14)16-11-13(2)12-17-3/h5-7,9-10,13,15-16H,4,8,11-12H2,1-3H3. The van der Waals surface area contributed by atoms with Crippen molar-refractivity contribution in [1.82, 2.24) is 5.32 Å². The molecule has 0 saturated carbocycles. The van der Waals surface area contributed by atoms with E-state index in [1.807, 2.05) is 11.8 Å². The number of rotatable bonds is 8. The van der Waals surface area contributed by atoms with Crippen molar-refractivity contribution in [3.8, 4) is 0 Å². The van der Waals surface area contributed by atoms with Gasteiger partial charge in [0.1, 0.15) is 0 Å². The fourth-order valence-corrected chi connectivity index (χ4v) is 2.73. The van der Waals surface area contributed by atoms with Gasteiger partial charge in [0.25, 0.3) is 0 Å². The minimum atomic E-state index is 0.519. The Morgan fingerprint density at radius 2 is 1.94 bits per heavy atom. The quantitative estimate of drug-likeness (QED) is 0.746. The van der Waals surface area contributed by atoms with Crippen molar-refractivity contribution in [3.05, 3.63) is 35.9 Å². The van der Waals surface area contributed by atoms with Gasteiger partial charge in [-0.3, -0.25) is 0 Å². The Bertz CT molecular complexity index is 286. The van der Waals surface area contributed by atoms with E-state index in [4.69, 9.17) is 0 Å². The van der Waals surface area contributed by atoms with Crippen LogP contribution in [0.3, 0.4) is 0 Å². The van der Waals surface area contributed by atoms with Crippen LogP contribution in [0.15, 0.2) is 30.3 Å². The molecule has 0 saturated heterocycles. The van der Waals surface area contributed by atoms with E-state index in [0.717, 1.165) is 12.5 Å². The molecule has 2 atom stereocenters. The van der Waals surface area contributed by atoms with E-state index in [0.29, 0.717) is 6.04 Å². The van der Waals surface area contributed by atoms with Crippen LogP contribution in [0.5, 0.6) is 0 Å². The topological polar surface area (TPSA) is 12.0 Å². The zero-order valence-electron chi connectivity index (χ0n) is 11.3.